The first-order chi connectivity index (χ1) is 12.1. The van der Waals surface area contributed by atoms with Gasteiger partial charge in [-0.15, -0.1) is 11.3 Å². The number of carbonyl (C=O) groups excluding carboxylic acids is 1. The molecule has 132 valence electrons. The van der Waals surface area contributed by atoms with Crippen molar-refractivity contribution >= 4 is 28.8 Å². The number of nitrogens with zero attached hydrogens (tertiary/aromatic N) is 3. The molecule has 4 rings (SSSR count). The fourth-order valence-electron chi connectivity index (χ4n) is 4.00. The summed E-state index contributed by atoms with van der Waals surface area (Å²) in [6.45, 7) is 4.63. The number of hydrogen-bond donors (Lipinski definition) is 0. The SMILES string of the molecule is O=C1CC2(CCN(Cc3cscn3)CC2)CN1Cc1ccc(Cl)cc1. The van der Waals surface area contributed by atoms with Crippen LogP contribution >= 0.6 is 22.9 Å². The summed E-state index contributed by atoms with van der Waals surface area (Å²) in [7, 11) is 0. The summed E-state index contributed by atoms with van der Waals surface area (Å²) in [6, 6.07) is 7.81. The molecular formula is C19H22ClN3OS. The van der Waals surface area contributed by atoms with E-state index in [1.54, 1.807) is 11.3 Å². The van der Waals surface area contributed by atoms with Gasteiger partial charge in [0.25, 0.3) is 0 Å². The van der Waals surface area contributed by atoms with Crippen molar-refractivity contribution in [3.63, 3.8) is 0 Å². The predicted molar refractivity (Wildman–Crippen MR) is 101 cm³/mol. The van der Waals surface area contributed by atoms with Crippen LogP contribution in [0.2, 0.25) is 5.02 Å². The molecule has 2 aliphatic rings. The van der Waals surface area contributed by atoms with Crippen LogP contribution in [0.4, 0.5) is 0 Å². The van der Waals surface area contributed by atoms with E-state index in [1.165, 1.54) is 0 Å². The van der Waals surface area contributed by atoms with Crippen molar-refractivity contribution in [2.45, 2.75) is 32.4 Å². The third kappa shape index (κ3) is 3.89. The highest BCUT2D eigenvalue weighted by Gasteiger charge is 2.44. The number of thiazole rings is 1. The molecule has 1 aromatic heterocycles. The van der Waals surface area contributed by atoms with Crippen LogP contribution in [0.3, 0.4) is 0 Å². The van der Waals surface area contributed by atoms with Crippen LogP contribution in [-0.4, -0.2) is 40.3 Å². The Kier molecular flexibility index (Phi) is 4.80. The van der Waals surface area contributed by atoms with Crippen LogP contribution < -0.4 is 0 Å². The van der Waals surface area contributed by atoms with Gasteiger partial charge in [0.1, 0.15) is 0 Å². The molecule has 1 amide bonds. The smallest absolute Gasteiger partial charge is 0.223 e. The van der Waals surface area contributed by atoms with E-state index in [9.17, 15) is 4.79 Å². The minimum Gasteiger partial charge on any atom is -0.338 e. The van der Waals surface area contributed by atoms with Crippen molar-refractivity contribution in [3.05, 3.63) is 51.4 Å². The Balaban J connectivity index is 1.34. The number of likely N-dealkylation sites (tertiary alicyclic amines) is 2. The van der Waals surface area contributed by atoms with Crippen molar-refractivity contribution in [2.75, 3.05) is 19.6 Å². The average molecular weight is 376 g/mol. The van der Waals surface area contributed by atoms with Gasteiger partial charge in [0.2, 0.25) is 5.91 Å². The number of carbonyl (C=O) groups is 1. The average Bonchev–Trinajstić information content (AvgIpc) is 3.21. The summed E-state index contributed by atoms with van der Waals surface area (Å²) < 4.78 is 0. The predicted octanol–water partition coefficient (Wildman–Crippen LogP) is 3.81. The van der Waals surface area contributed by atoms with E-state index in [-0.39, 0.29) is 5.41 Å². The second-order valence-corrected chi connectivity index (χ2v) is 8.46. The van der Waals surface area contributed by atoms with Crippen molar-refractivity contribution < 1.29 is 4.79 Å². The number of piperidine rings is 1. The molecule has 25 heavy (non-hydrogen) atoms. The zero-order valence-corrected chi connectivity index (χ0v) is 15.7. The monoisotopic (exact) mass is 375 g/mol. The standard InChI is InChI=1S/C19H22ClN3OS/c20-16-3-1-15(2-4-16)10-23-13-19(9-18(23)24)5-7-22(8-6-19)11-17-12-25-14-21-17/h1-4,12,14H,5-11,13H2. The second-order valence-electron chi connectivity index (χ2n) is 7.31. The Labute approximate surface area is 157 Å². The molecule has 0 N–H and O–H groups in total. The largest absolute Gasteiger partial charge is 0.338 e. The first-order valence-electron chi connectivity index (χ1n) is 8.74. The zero-order chi connectivity index (χ0) is 17.3. The van der Waals surface area contributed by atoms with Gasteiger partial charge in [0.15, 0.2) is 0 Å². The number of aromatic nitrogens is 1. The Morgan fingerprint density at radius 1 is 1.16 bits per heavy atom. The van der Waals surface area contributed by atoms with Gasteiger partial charge in [-0.25, -0.2) is 4.98 Å². The molecule has 2 fully saturated rings. The summed E-state index contributed by atoms with van der Waals surface area (Å²) in [5.74, 6) is 0.294. The van der Waals surface area contributed by atoms with Crippen molar-refractivity contribution in [1.29, 1.82) is 0 Å². The molecule has 0 unspecified atom stereocenters. The highest BCUT2D eigenvalue weighted by atomic mass is 35.5. The fraction of sp³-hybridized carbons (Fsp3) is 0.474. The normalized spacial score (nSPS) is 20.5. The van der Waals surface area contributed by atoms with Crippen LogP contribution in [0.15, 0.2) is 35.2 Å². The lowest BCUT2D eigenvalue weighted by atomic mass is 9.77. The van der Waals surface area contributed by atoms with Gasteiger partial charge in [-0.3, -0.25) is 9.69 Å². The van der Waals surface area contributed by atoms with E-state index >= 15 is 0 Å². The molecule has 0 saturated carbocycles. The van der Waals surface area contributed by atoms with E-state index in [4.69, 9.17) is 11.6 Å². The number of rotatable bonds is 4. The van der Waals surface area contributed by atoms with E-state index in [0.717, 1.165) is 55.3 Å². The number of hydrogen-bond acceptors (Lipinski definition) is 4. The molecule has 0 aliphatic carbocycles. The molecular weight excluding hydrogens is 354 g/mol. The molecule has 0 atom stereocenters. The van der Waals surface area contributed by atoms with Gasteiger partial charge >= 0.3 is 0 Å². The molecule has 0 radical (unpaired) electrons. The van der Waals surface area contributed by atoms with Crippen LogP contribution in [0.25, 0.3) is 0 Å². The Hall–Kier alpha value is -1.43. The van der Waals surface area contributed by atoms with E-state index in [0.29, 0.717) is 18.9 Å². The lowest BCUT2D eigenvalue weighted by Gasteiger charge is -2.38. The summed E-state index contributed by atoms with van der Waals surface area (Å²) >= 11 is 7.60. The molecule has 2 aliphatic heterocycles. The minimum atomic E-state index is 0.169. The Morgan fingerprint density at radius 2 is 1.92 bits per heavy atom. The van der Waals surface area contributed by atoms with Crippen molar-refractivity contribution in [2.24, 2.45) is 5.41 Å². The van der Waals surface area contributed by atoms with Crippen molar-refractivity contribution in [1.82, 2.24) is 14.8 Å². The summed E-state index contributed by atoms with van der Waals surface area (Å²) in [6.07, 6.45) is 2.89. The summed E-state index contributed by atoms with van der Waals surface area (Å²) in [5, 5.41) is 2.86. The minimum absolute atomic E-state index is 0.169. The first kappa shape index (κ1) is 17.0. The van der Waals surface area contributed by atoms with E-state index in [1.807, 2.05) is 34.7 Å². The van der Waals surface area contributed by atoms with Gasteiger partial charge < -0.3 is 4.90 Å². The summed E-state index contributed by atoms with van der Waals surface area (Å²) in [4.78, 5) is 21.4. The number of amides is 1. The first-order valence-corrected chi connectivity index (χ1v) is 10.1. The molecule has 1 aromatic carbocycles. The third-order valence-electron chi connectivity index (χ3n) is 5.48. The molecule has 3 heterocycles. The Bertz CT molecular complexity index is 724. The lowest BCUT2D eigenvalue weighted by Crippen LogP contribution is -2.41. The maximum atomic E-state index is 12.5. The molecule has 2 aromatic rings. The maximum Gasteiger partial charge on any atom is 0.223 e. The molecule has 6 heteroatoms. The Morgan fingerprint density at radius 3 is 2.60 bits per heavy atom. The maximum absolute atomic E-state index is 12.5. The van der Waals surface area contributed by atoms with Gasteiger partial charge in [-0.1, -0.05) is 23.7 Å². The van der Waals surface area contributed by atoms with Gasteiger partial charge in [0.05, 0.1) is 11.2 Å². The summed E-state index contributed by atoms with van der Waals surface area (Å²) in [5.41, 5.74) is 4.37. The molecule has 1 spiro atoms. The lowest BCUT2D eigenvalue weighted by molar-refractivity contribution is -0.128. The topological polar surface area (TPSA) is 36.4 Å². The number of benzene rings is 1. The second kappa shape index (κ2) is 7.06. The molecule has 4 nitrogen and oxygen atoms in total. The van der Waals surface area contributed by atoms with Crippen LogP contribution in [0.5, 0.6) is 0 Å². The quantitative estimate of drug-likeness (QED) is 0.815. The van der Waals surface area contributed by atoms with Gasteiger partial charge in [-0.2, -0.15) is 0 Å². The van der Waals surface area contributed by atoms with Crippen LogP contribution in [-0.2, 0) is 17.9 Å². The fourth-order valence-corrected chi connectivity index (χ4v) is 4.68. The van der Waals surface area contributed by atoms with Crippen LogP contribution in [0.1, 0.15) is 30.5 Å². The highest BCUT2D eigenvalue weighted by molar-refractivity contribution is 7.07. The molecule has 0 bridgehead atoms. The van der Waals surface area contributed by atoms with E-state index in [2.05, 4.69) is 15.3 Å². The van der Waals surface area contributed by atoms with Crippen molar-refractivity contribution in [3.8, 4) is 0 Å². The molecule has 2 saturated heterocycles. The van der Waals surface area contributed by atoms with Gasteiger partial charge in [-0.05, 0) is 49.0 Å². The van der Waals surface area contributed by atoms with Crippen LogP contribution in [0, 0.1) is 5.41 Å². The van der Waals surface area contributed by atoms with Gasteiger partial charge in [0, 0.05) is 36.5 Å². The third-order valence-corrected chi connectivity index (χ3v) is 6.36. The van der Waals surface area contributed by atoms with E-state index < -0.39 is 0 Å². The highest BCUT2D eigenvalue weighted by Crippen LogP contribution is 2.41. The number of halogens is 1. The zero-order valence-electron chi connectivity index (χ0n) is 14.2.